The van der Waals surface area contributed by atoms with Gasteiger partial charge in [0, 0.05) is 11.9 Å². The molecular weight excluding hydrogens is 210 g/mol. The van der Waals surface area contributed by atoms with E-state index in [0.29, 0.717) is 5.75 Å². The van der Waals surface area contributed by atoms with E-state index in [2.05, 4.69) is 18.3 Å². The summed E-state index contributed by atoms with van der Waals surface area (Å²) in [7, 11) is 0. The minimum atomic E-state index is 0.334. The van der Waals surface area contributed by atoms with E-state index in [9.17, 15) is 5.11 Å². The molecule has 0 bridgehead atoms. The zero-order valence-electron chi connectivity index (χ0n) is 10.2. The lowest BCUT2D eigenvalue weighted by atomic mass is 10.1. The average molecular weight is 229 g/mol. The van der Waals surface area contributed by atoms with Crippen LogP contribution in [0.1, 0.15) is 26.2 Å². The normalized spacial score (nSPS) is 10.6. The first-order valence-electron chi connectivity index (χ1n) is 6.27. The Hall–Kier alpha value is -1.70. The maximum Gasteiger partial charge on any atom is 0.139 e. The molecular formula is C15H19NO. The molecule has 0 aliphatic carbocycles. The summed E-state index contributed by atoms with van der Waals surface area (Å²) in [6.45, 7) is 3.10. The monoisotopic (exact) mass is 229 g/mol. The van der Waals surface area contributed by atoms with Crippen molar-refractivity contribution < 1.29 is 5.11 Å². The minimum Gasteiger partial charge on any atom is -0.506 e. The Morgan fingerprint density at radius 2 is 1.88 bits per heavy atom. The number of unbranched alkanes of at least 4 members (excludes halogenated alkanes) is 2. The quantitative estimate of drug-likeness (QED) is 0.596. The van der Waals surface area contributed by atoms with Gasteiger partial charge in [-0.05, 0) is 17.9 Å². The van der Waals surface area contributed by atoms with E-state index in [-0.39, 0.29) is 0 Å². The van der Waals surface area contributed by atoms with E-state index in [1.807, 2.05) is 24.3 Å². The van der Waals surface area contributed by atoms with Gasteiger partial charge in [-0.2, -0.15) is 0 Å². The Morgan fingerprint density at radius 3 is 2.71 bits per heavy atom. The molecule has 0 saturated carbocycles. The van der Waals surface area contributed by atoms with Crippen LogP contribution >= 0.6 is 0 Å². The van der Waals surface area contributed by atoms with E-state index < -0.39 is 0 Å². The summed E-state index contributed by atoms with van der Waals surface area (Å²) < 4.78 is 0. The van der Waals surface area contributed by atoms with Crippen LogP contribution < -0.4 is 5.32 Å². The smallest absolute Gasteiger partial charge is 0.139 e. The zero-order chi connectivity index (χ0) is 12.1. The van der Waals surface area contributed by atoms with Crippen molar-refractivity contribution >= 4 is 16.5 Å². The average Bonchev–Trinajstić information content (AvgIpc) is 2.37. The number of nitrogens with one attached hydrogen (secondary N) is 1. The highest BCUT2D eigenvalue weighted by atomic mass is 16.3. The largest absolute Gasteiger partial charge is 0.506 e. The molecule has 0 radical (unpaired) electrons. The van der Waals surface area contributed by atoms with Crippen molar-refractivity contribution in [1.29, 1.82) is 0 Å². The van der Waals surface area contributed by atoms with Crippen molar-refractivity contribution in [3.63, 3.8) is 0 Å². The molecule has 2 heteroatoms. The number of benzene rings is 2. The molecule has 0 aliphatic rings. The lowest BCUT2D eigenvalue weighted by molar-refractivity contribution is 0.478. The highest BCUT2D eigenvalue weighted by molar-refractivity contribution is 5.96. The summed E-state index contributed by atoms with van der Waals surface area (Å²) in [6.07, 6.45) is 3.57. The van der Waals surface area contributed by atoms with Gasteiger partial charge in [0.25, 0.3) is 0 Å². The molecule has 0 saturated heterocycles. The summed E-state index contributed by atoms with van der Waals surface area (Å²) in [6, 6.07) is 11.8. The van der Waals surface area contributed by atoms with Crippen LogP contribution in [0.25, 0.3) is 10.8 Å². The molecule has 2 aromatic rings. The molecule has 0 aromatic heterocycles. The van der Waals surface area contributed by atoms with Gasteiger partial charge in [-0.15, -0.1) is 0 Å². The van der Waals surface area contributed by atoms with Crippen LogP contribution in [-0.4, -0.2) is 11.7 Å². The van der Waals surface area contributed by atoms with Gasteiger partial charge < -0.3 is 10.4 Å². The molecule has 2 N–H and O–H groups in total. The number of fused-ring (bicyclic) bond motifs is 1. The predicted octanol–water partition coefficient (Wildman–Crippen LogP) is 4.15. The Bertz CT molecular complexity index is 493. The molecule has 17 heavy (non-hydrogen) atoms. The molecule has 0 fully saturated rings. The van der Waals surface area contributed by atoms with Crippen molar-refractivity contribution in [2.45, 2.75) is 26.2 Å². The Balaban J connectivity index is 2.22. The lowest BCUT2D eigenvalue weighted by Crippen LogP contribution is -2.02. The maximum atomic E-state index is 9.90. The van der Waals surface area contributed by atoms with Gasteiger partial charge in [0.2, 0.25) is 0 Å². The van der Waals surface area contributed by atoms with Crippen molar-refractivity contribution in [3.05, 3.63) is 36.4 Å². The van der Waals surface area contributed by atoms with E-state index in [1.165, 1.54) is 12.8 Å². The van der Waals surface area contributed by atoms with E-state index >= 15 is 0 Å². The summed E-state index contributed by atoms with van der Waals surface area (Å²) in [5, 5.41) is 15.5. The molecule has 2 rings (SSSR count). The Kier molecular flexibility index (Phi) is 3.86. The fraction of sp³-hybridized carbons (Fsp3) is 0.333. The van der Waals surface area contributed by atoms with Gasteiger partial charge >= 0.3 is 0 Å². The van der Waals surface area contributed by atoms with Crippen molar-refractivity contribution in [3.8, 4) is 5.75 Å². The molecule has 0 amide bonds. The van der Waals surface area contributed by atoms with Gasteiger partial charge in [-0.3, -0.25) is 0 Å². The minimum absolute atomic E-state index is 0.334. The van der Waals surface area contributed by atoms with Crippen LogP contribution in [-0.2, 0) is 0 Å². The molecule has 2 aromatic carbocycles. The third kappa shape index (κ3) is 2.70. The van der Waals surface area contributed by atoms with Gasteiger partial charge in [-0.25, -0.2) is 0 Å². The van der Waals surface area contributed by atoms with Crippen LogP contribution in [0.15, 0.2) is 36.4 Å². The summed E-state index contributed by atoms with van der Waals surface area (Å²) in [5.41, 5.74) is 0.860. The summed E-state index contributed by atoms with van der Waals surface area (Å²) in [5.74, 6) is 0.334. The van der Waals surface area contributed by atoms with Gasteiger partial charge in [0.15, 0.2) is 0 Å². The number of phenols is 1. The molecule has 2 nitrogen and oxygen atoms in total. The molecule has 90 valence electrons. The van der Waals surface area contributed by atoms with Crippen LogP contribution in [0.4, 0.5) is 5.69 Å². The number of anilines is 1. The Labute approximate surface area is 102 Å². The predicted molar refractivity (Wildman–Crippen MR) is 73.6 cm³/mol. The number of hydrogen-bond acceptors (Lipinski definition) is 2. The van der Waals surface area contributed by atoms with E-state index in [4.69, 9.17) is 0 Å². The number of rotatable bonds is 5. The van der Waals surface area contributed by atoms with Crippen LogP contribution in [0.2, 0.25) is 0 Å². The fourth-order valence-corrected chi connectivity index (χ4v) is 2.03. The first-order valence-corrected chi connectivity index (χ1v) is 6.27. The second kappa shape index (κ2) is 5.58. The third-order valence-corrected chi connectivity index (χ3v) is 2.99. The maximum absolute atomic E-state index is 9.90. The highest BCUT2D eigenvalue weighted by Gasteiger charge is 2.05. The van der Waals surface area contributed by atoms with E-state index in [1.54, 1.807) is 6.07 Å². The second-order valence-electron chi connectivity index (χ2n) is 4.31. The SMILES string of the molecule is CCCCCNc1c(O)ccc2ccccc12. The highest BCUT2D eigenvalue weighted by Crippen LogP contribution is 2.32. The molecule has 0 aliphatic heterocycles. The van der Waals surface area contributed by atoms with Crippen molar-refractivity contribution in [1.82, 2.24) is 0 Å². The van der Waals surface area contributed by atoms with Crippen molar-refractivity contribution in [2.75, 3.05) is 11.9 Å². The zero-order valence-corrected chi connectivity index (χ0v) is 10.2. The summed E-state index contributed by atoms with van der Waals surface area (Å²) in [4.78, 5) is 0. The van der Waals surface area contributed by atoms with Crippen LogP contribution in [0.5, 0.6) is 5.75 Å². The third-order valence-electron chi connectivity index (χ3n) is 2.99. The van der Waals surface area contributed by atoms with Crippen LogP contribution in [0.3, 0.4) is 0 Å². The van der Waals surface area contributed by atoms with Gasteiger partial charge in [-0.1, -0.05) is 50.1 Å². The lowest BCUT2D eigenvalue weighted by Gasteiger charge is -2.11. The molecule has 0 heterocycles. The van der Waals surface area contributed by atoms with E-state index in [0.717, 1.165) is 29.4 Å². The second-order valence-corrected chi connectivity index (χ2v) is 4.31. The first-order chi connectivity index (χ1) is 8.33. The first kappa shape index (κ1) is 11.8. The van der Waals surface area contributed by atoms with Gasteiger partial charge in [0.05, 0.1) is 5.69 Å². The molecule has 0 unspecified atom stereocenters. The standard InChI is InChI=1S/C15H19NO/c1-2-3-6-11-16-15-13-8-5-4-7-12(13)9-10-14(15)17/h4-5,7-10,16-17H,2-3,6,11H2,1H3. The fourth-order valence-electron chi connectivity index (χ4n) is 2.03. The van der Waals surface area contributed by atoms with Crippen molar-refractivity contribution in [2.24, 2.45) is 0 Å². The van der Waals surface area contributed by atoms with Crippen LogP contribution in [0, 0.1) is 0 Å². The molecule has 0 atom stereocenters. The van der Waals surface area contributed by atoms with Gasteiger partial charge in [0.1, 0.15) is 5.75 Å². The summed E-state index contributed by atoms with van der Waals surface area (Å²) >= 11 is 0. The number of phenolic OH excluding ortho intramolecular Hbond substituents is 1. The Morgan fingerprint density at radius 1 is 1.06 bits per heavy atom. The number of aromatic hydroxyl groups is 1. The number of hydrogen-bond donors (Lipinski definition) is 2. The topological polar surface area (TPSA) is 32.3 Å². The molecule has 0 spiro atoms.